The molecule has 0 aromatic carbocycles. The molecule has 3 heteroatoms. The third kappa shape index (κ3) is 3.22. The zero-order chi connectivity index (χ0) is 8.97. The second-order valence-corrected chi connectivity index (χ2v) is 3.54. The van der Waals surface area contributed by atoms with Gasteiger partial charge < -0.3 is 10.1 Å². The predicted octanol–water partition coefficient (Wildman–Crippen LogP) is 1.08. The summed E-state index contributed by atoms with van der Waals surface area (Å²) in [6.07, 6.45) is 2.82. The molecule has 0 aliphatic carbocycles. The van der Waals surface area contributed by atoms with Gasteiger partial charge in [0, 0.05) is 6.04 Å². The lowest BCUT2D eigenvalue weighted by atomic mass is 10.2. The van der Waals surface area contributed by atoms with Crippen LogP contribution in [0.1, 0.15) is 33.1 Å². The quantitative estimate of drug-likeness (QED) is 0.646. The topological polar surface area (TPSA) is 38.3 Å². The maximum absolute atomic E-state index is 11.1. The smallest absolute Gasteiger partial charge is 0.307 e. The van der Waals surface area contributed by atoms with E-state index in [1.807, 2.05) is 13.8 Å². The zero-order valence-corrected chi connectivity index (χ0v) is 7.80. The number of ether oxygens (including phenoxy) is 1. The third-order valence-corrected chi connectivity index (χ3v) is 1.94. The molecule has 1 unspecified atom stereocenters. The van der Waals surface area contributed by atoms with Gasteiger partial charge in [-0.1, -0.05) is 0 Å². The Balaban J connectivity index is 2.16. The van der Waals surface area contributed by atoms with Crippen LogP contribution in [0.3, 0.4) is 0 Å². The molecule has 1 heterocycles. The van der Waals surface area contributed by atoms with Gasteiger partial charge in [-0.15, -0.1) is 0 Å². The molecular formula is C9H17NO2. The number of carbonyl (C=O) groups is 1. The lowest BCUT2D eigenvalue weighted by molar-refractivity contribution is -0.147. The SMILES string of the molecule is CC(C)OC(=O)CC1CCCN1. The second-order valence-electron chi connectivity index (χ2n) is 3.54. The van der Waals surface area contributed by atoms with E-state index in [4.69, 9.17) is 4.74 Å². The molecule has 12 heavy (non-hydrogen) atoms. The van der Waals surface area contributed by atoms with Crippen molar-refractivity contribution in [2.24, 2.45) is 0 Å². The van der Waals surface area contributed by atoms with Gasteiger partial charge in [0.05, 0.1) is 12.5 Å². The Labute approximate surface area is 73.5 Å². The summed E-state index contributed by atoms with van der Waals surface area (Å²) in [4.78, 5) is 11.1. The summed E-state index contributed by atoms with van der Waals surface area (Å²) in [5, 5.41) is 3.26. The first-order valence-corrected chi connectivity index (χ1v) is 4.61. The monoisotopic (exact) mass is 171 g/mol. The predicted molar refractivity (Wildman–Crippen MR) is 46.9 cm³/mol. The van der Waals surface area contributed by atoms with Crippen molar-refractivity contribution in [3.63, 3.8) is 0 Å². The molecule has 0 radical (unpaired) electrons. The summed E-state index contributed by atoms with van der Waals surface area (Å²) in [6, 6.07) is 0.358. The first kappa shape index (κ1) is 9.52. The fraction of sp³-hybridized carbons (Fsp3) is 0.889. The van der Waals surface area contributed by atoms with Crippen LogP contribution in [0.15, 0.2) is 0 Å². The minimum Gasteiger partial charge on any atom is -0.463 e. The van der Waals surface area contributed by atoms with E-state index in [9.17, 15) is 4.79 Å². The molecular weight excluding hydrogens is 154 g/mol. The molecule has 1 aliphatic rings. The molecule has 1 rings (SSSR count). The summed E-state index contributed by atoms with van der Waals surface area (Å²) in [6.45, 7) is 4.79. The Morgan fingerprint density at radius 1 is 1.67 bits per heavy atom. The third-order valence-electron chi connectivity index (χ3n) is 1.94. The minimum absolute atomic E-state index is 0.0129. The molecule has 0 aromatic heterocycles. The van der Waals surface area contributed by atoms with E-state index in [2.05, 4.69) is 5.32 Å². The molecule has 0 saturated carbocycles. The molecule has 1 aliphatic heterocycles. The van der Waals surface area contributed by atoms with Crippen LogP contribution in [0.2, 0.25) is 0 Å². The van der Waals surface area contributed by atoms with Gasteiger partial charge in [0.2, 0.25) is 0 Å². The first-order chi connectivity index (χ1) is 5.68. The number of carbonyl (C=O) groups excluding carboxylic acids is 1. The highest BCUT2D eigenvalue weighted by atomic mass is 16.5. The van der Waals surface area contributed by atoms with Gasteiger partial charge in [-0.05, 0) is 33.2 Å². The largest absolute Gasteiger partial charge is 0.463 e. The maximum atomic E-state index is 11.1. The van der Waals surface area contributed by atoms with Crippen molar-refractivity contribution < 1.29 is 9.53 Å². The highest BCUT2D eigenvalue weighted by Gasteiger charge is 2.18. The van der Waals surface area contributed by atoms with E-state index in [0.29, 0.717) is 12.5 Å². The molecule has 1 atom stereocenters. The van der Waals surface area contributed by atoms with Crippen LogP contribution in [0.4, 0.5) is 0 Å². The van der Waals surface area contributed by atoms with Gasteiger partial charge in [-0.25, -0.2) is 0 Å². The summed E-state index contributed by atoms with van der Waals surface area (Å²) in [5.74, 6) is -0.0793. The van der Waals surface area contributed by atoms with Crippen molar-refractivity contribution in [3.8, 4) is 0 Å². The molecule has 0 amide bonds. The van der Waals surface area contributed by atoms with Crippen LogP contribution < -0.4 is 5.32 Å². The van der Waals surface area contributed by atoms with E-state index in [0.717, 1.165) is 13.0 Å². The van der Waals surface area contributed by atoms with Crippen LogP contribution in [0.25, 0.3) is 0 Å². The van der Waals surface area contributed by atoms with Gasteiger partial charge in [0.25, 0.3) is 0 Å². The van der Waals surface area contributed by atoms with Crippen LogP contribution in [0.5, 0.6) is 0 Å². The Morgan fingerprint density at radius 2 is 2.42 bits per heavy atom. The highest BCUT2D eigenvalue weighted by Crippen LogP contribution is 2.09. The lowest BCUT2D eigenvalue weighted by Gasteiger charge is -2.11. The van der Waals surface area contributed by atoms with Crippen molar-refractivity contribution >= 4 is 5.97 Å². The molecule has 3 nitrogen and oxygen atoms in total. The summed E-state index contributed by atoms with van der Waals surface area (Å²) < 4.78 is 5.03. The van der Waals surface area contributed by atoms with Gasteiger partial charge in [0.1, 0.15) is 0 Å². The van der Waals surface area contributed by atoms with E-state index >= 15 is 0 Å². The van der Waals surface area contributed by atoms with Crippen LogP contribution in [-0.2, 0) is 9.53 Å². The van der Waals surface area contributed by atoms with E-state index in [1.54, 1.807) is 0 Å². The van der Waals surface area contributed by atoms with E-state index < -0.39 is 0 Å². The number of rotatable bonds is 3. The molecule has 0 aromatic rings. The van der Waals surface area contributed by atoms with Crippen molar-refractivity contribution in [2.45, 2.75) is 45.3 Å². The Hall–Kier alpha value is -0.570. The van der Waals surface area contributed by atoms with Crippen molar-refractivity contribution in [1.82, 2.24) is 5.32 Å². The zero-order valence-electron chi connectivity index (χ0n) is 7.80. The van der Waals surface area contributed by atoms with Crippen LogP contribution in [0, 0.1) is 0 Å². The van der Waals surface area contributed by atoms with Crippen molar-refractivity contribution in [1.29, 1.82) is 0 Å². The molecule has 1 fully saturated rings. The fourth-order valence-electron chi connectivity index (χ4n) is 1.44. The summed E-state index contributed by atoms with van der Waals surface area (Å²) in [5.41, 5.74) is 0. The van der Waals surface area contributed by atoms with E-state index in [1.165, 1.54) is 6.42 Å². The average molecular weight is 171 g/mol. The van der Waals surface area contributed by atoms with Crippen LogP contribution >= 0.6 is 0 Å². The van der Waals surface area contributed by atoms with Gasteiger partial charge in [0.15, 0.2) is 0 Å². The Kier molecular flexibility index (Phi) is 3.53. The van der Waals surface area contributed by atoms with E-state index in [-0.39, 0.29) is 12.1 Å². The van der Waals surface area contributed by atoms with Crippen molar-refractivity contribution in [2.75, 3.05) is 6.54 Å². The molecule has 70 valence electrons. The van der Waals surface area contributed by atoms with Gasteiger partial charge >= 0.3 is 5.97 Å². The Morgan fingerprint density at radius 3 is 2.92 bits per heavy atom. The average Bonchev–Trinajstić information content (AvgIpc) is 2.37. The summed E-state index contributed by atoms with van der Waals surface area (Å²) in [7, 11) is 0. The number of nitrogens with one attached hydrogen (secondary N) is 1. The molecule has 1 saturated heterocycles. The van der Waals surface area contributed by atoms with Crippen molar-refractivity contribution in [3.05, 3.63) is 0 Å². The molecule has 1 N–H and O–H groups in total. The lowest BCUT2D eigenvalue weighted by Crippen LogP contribution is -2.26. The number of hydrogen-bond acceptors (Lipinski definition) is 3. The highest BCUT2D eigenvalue weighted by molar-refractivity contribution is 5.70. The minimum atomic E-state index is -0.0793. The molecule has 0 bridgehead atoms. The van der Waals surface area contributed by atoms with Gasteiger partial charge in [-0.3, -0.25) is 4.79 Å². The maximum Gasteiger partial charge on any atom is 0.307 e. The van der Waals surface area contributed by atoms with Crippen LogP contribution in [-0.4, -0.2) is 24.7 Å². The second kappa shape index (κ2) is 4.45. The summed E-state index contributed by atoms with van der Waals surface area (Å²) >= 11 is 0. The standard InChI is InChI=1S/C9H17NO2/c1-7(2)12-9(11)6-8-4-3-5-10-8/h7-8,10H,3-6H2,1-2H3. The first-order valence-electron chi connectivity index (χ1n) is 4.61. The fourth-order valence-corrected chi connectivity index (χ4v) is 1.44. The molecule has 0 spiro atoms. The Bertz CT molecular complexity index is 151. The number of esters is 1. The number of hydrogen-bond donors (Lipinski definition) is 1. The van der Waals surface area contributed by atoms with Gasteiger partial charge in [-0.2, -0.15) is 0 Å². The normalized spacial score (nSPS) is 23.1.